The molecule has 6 heteroatoms. The molecule has 2 unspecified atom stereocenters. The third-order valence-electron chi connectivity index (χ3n) is 5.52. The molecule has 0 spiro atoms. The summed E-state index contributed by atoms with van der Waals surface area (Å²) in [5, 5.41) is 5.79. The van der Waals surface area contributed by atoms with Gasteiger partial charge in [-0.1, -0.05) is 36.4 Å². The normalized spacial score (nSPS) is 23.0. The lowest BCUT2D eigenvalue weighted by Crippen LogP contribution is -2.52. The van der Waals surface area contributed by atoms with Crippen LogP contribution in [-0.2, 0) is 6.54 Å². The van der Waals surface area contributed by atoms with Gasteiger partial charge in [-0.2, -0.15) is 0 Å². The number of piperazine rings is 1. The third kappa shape index (κ3) is 5.45. The van der Waals surface area contributed by atoms with Crippen LogP contribution in [0.1, 0.15) is 22.8 Å². The van der Waals surface area contributed by atoms with E-state index in [-0.39, 0.29) is 24.0 Å². The van der Waals surface area contributed by atoms with Gasteiger partial charge in [-0.05, 0) is 35.3 Å². The van der Waals surface area contributed by atoms with E-state index in [0.717, 1.165) is 57.1 Å². The summed E-state index contributed by atoms with van der Waals surface area (Å²) in [4.78, 5) is 10.9. The van der Waals surface area contributed by atoms with Crippen LogP contribution < -0.4 is 5.32 Å². The van der Waals surface area contributed by atoms with Crippen molar-refractivity contribution in [1.29, 1.82) is 0 Å². The molecule has 2 fully saturated rings. The lowest BCUT2D eigenvalue weighted by atomic mass is 10.1. The minimum absolute atomic E-state index is 0. The van der Waals surface area contributed by atoms with Gasteiger partial charge in [0.2, 0.25) is 0 Å². The topological polar surface area (TPSA) is 30.9 Å². The summed E-state index contributed by atoms with van der Waals surface area (Å²) in [5.74, 6) is 2.54. The Morgan fingerprint density at radius 2 is 1.89 bits per heavy atom. The highest BCUT2D eigenvalue weighted by molar-refractivity contribution is 14.0. The summed E-state index contributed by atoms with van der Waals surface area (Å²) in [7, 11) is 1.90. The van der Waals surface area contributed by atoms with Gasteiger partial charge in [0.05, 0.1) is 0 Å². The lowest BCUT2D eigenvalue weighted by molar-refractivity contribution is 0.173. The average molecular weight is 496 g/mol. The molecular formula is C21H29IN4S. The number of halogens is 1. The van der Waals surface area contributed by atoms with Crippen LogP contribution in [0.15, 0.2) is 52.8 Å². The van der Waals surface area contributed by atoms with Crippen LogP contribution in [-0.4, -0.2) is 55.5 Å². The molecule has 1 aromatic heterocycles. The standard InChI is InChI=1S/C21H28N4S.HI/c1-22-21(23-15-18-14-20(18)17-6-3-2-4-7-17)25-11-9-24(10-12-25)16-19-8-5-13-26-19;/h2-8,13,18,20H,9-12,14-16H2,1H3,(H,22,23);1H. The van der Waals surface area contributed by atoms with Gasteiger partial charge in [0.15, 0.2) is 5.96 Å². The number of nitrogens with one attached hydrogen (secondary N) is 1. The van der Waals surface area contributed by atoms with Crippen LogP contribution >= 0.6 is 35.3 Å². The number of hydrogen-bond donors (Lipinski definition) is 1. The highest BCUT2D eigenvalue weighted by atomic mass is 127. The quantitative estimate of drug-likeness (QED) is 0.388. The van der Waals surface area contributed by atoms with Crippen molar-refractivity contribution in [3.8, 4) is 0 Å². The molecule has 1 aliphatic heterocycles. The van der Waals surface area contributed by atoms with E-state index in [4.69, 9.17) is 0 Å². The summed E-state index contributed by atoms with van der Waals surface area (Å²) in [6.07, 6.45) is 1.29. The van der Waals surface area contributed by atoms with E-state index in [1.165, 1.54) is 16.9 Å². The highest BCUT2D eigenvalue weighted by Crippen LogP contribution is 2.46. The van der Waals surface area contributed by atoms with Crippen molar-refractivity contribution in [1.82, 2.24) is 15.1 Å². The van der Waals surface area contributed by atoms with Crippen LogP contribution in [0.3, 0.4) is 0 Å². The number of nitrogens with zero attached hydrogens (tertiary/aromatic N) is 3. The van der Waals surface area contributed by atoms with Gasteiger partial charge in [-0.15, -0.1) is 35.3 Å². The average Bonchev–Trinajstić information content (AvgIpc) is 3.29. The van der Waals surface area contributed by atoms with Gasteiger partial charge in [-0.25, -0.2) is 0 Å². The molecule has 4 rings (SSSR count). The van der Waals surface area contributed by atoms with Crippen molar-refractivity contribution in [3.05, 3.63) is 58.3 Å². The Labute approximate surface area is 183 Å². The van der Waals surface area contributed by atoms with E-state index < -0.39 is 0 Å². The van der Waals surface area contributed by atoms with Gasteiger partial charge in [0, 0.05) is 51.2 Å². The number of aliphatic imine (C=N–C) groups is 1. The van der Waals surface area contributed by atoms with Crippen molar-refractivity contribution in [2.45, 2.75) is 18.9 Å². The molecule has 1 N–H and O–H groups in total. The first kappa shape index (κ1) is 20.6. The largest absolute Gasteiger partial charge is 0.356 e. The predicted molar refractivity (Wildman–Crippen MR) is 125 cm³/mol. The van der Waals surface area contributed by atoms with E-state index in [0.29, 0.717) is 0 Å². The zero-order valence-electron chi connectivity index (χ0n) is 15.9. The minimum Gasteiger partial charge on any atom is -0.356 e. The van der Waals surface area contributed by atoms with E-state index in [1.54, 1.807) is 0 Å². The molecular weight excluding hydrogens is 467 g/mol. The Morgan fingerprint density at radius 1 is 1.11 bits per heavy atom. The number of benzene rings is 1. The number of guanidine groups is 1. The first-order valence-corrected chi connectivity index (χ1v) is 10.5. The maximum atomic E-state index is 4.53. The summed E-state index contributed by atoms with van der Waals surface area (Å²) >= 11 is 1.85. The second-order valence-corrected chi connectivity index (χ2v) is 8.32. The maximum Gasteiger partial charge on any atom is 0.193 e. The molecule has 0 radical (unpaired) electrons. The lowest BCUT2D eigenvalue weighted by Gasteiger charge is -2.36. The Bertz CT molecular complexity index is 711. The molecule has 2 atom stereocenters. The Morgan fingerprint density at radius 3 is 2.56 bits per heavy atom. The van der Waals surface area contributed by atoms with Crippen LogP contribution in [0.25, 0.3) is 0 Å². The van der Waals surface area contributed by atoms with Gasteiger partial charge in [-0.3, -0.25) is 9.89 Å². The third-order valence-corrected chi connectivity index (χ3v) is 6.38. The molecule has 1 saturated carbocycles. The van der Waals surface area contributed by atoms with Gasteiger partial charge in [0.25, 0.3) is 0 Å². The van der Waals surface area contributed by atoms with Gasteiger partial charge in [0.1, 0.15) is 0 Å². The highest BCUT2D eigenvalue weighted by Gasteiger charge is 2.38. The predicted octanol–water partition coefficient (Wildman–Crippen LogP) is 3.86. The molecule has 1 aliphatic carbocycles. The molecule has 2 aromatic rings. The zero-order valence-corrected chi connectivity index (χ0v) is 19.0. The fourth-order valence-electron chi connectivity index (χ4n) is 3.88. The molecule has 0 bridgehead atoms. The molecule has 4 nitrogen and oxygen atoms in total. The van der Waals surface area contributed by atoms with Gasteiger partial charge < -0.3 is 10.2 Å². The summed E-state index contributed by atoms with van der Waals surface area (Å²) < 4.78 is 0. The van der Waals surface area contributed by atoms with Crippen molar-refractivity contribution in [2.24, 2.45) is 10.9 Å². The van der Waals surface area contributed by atoms with Crippen LogP contribution in [0.4, 0.5) is 0 Å². The van der Waals surface area contributed by atoms with Crippen LogP contribution in [0.5, 0.6) is 0 Å². The molecule has 1 saturated heterocycles. The fourth-order valence-corrected chi connectivity index (χ4v) is 4.62. The Hall–Kier alpha value is -1.12. The smallest absolute Gasteiger partial charge is 0.193 e. The minimum atomic E-state index is 0. The first-order chi connectivity index (χ1) is 12.8. The number of thiophene rings is 1. The second kappa shape index (κ2) is 9.89. The van der Waals surface area contributed by atoms with Crippen molar-refractivity contribution < 1.29 is 0 Å². The Balaban J connectivity index is 0.00000210. The van der Waals surface area contributed by atoms with Crippen molar-refractivity contribution in [2.75, 3.05) is 39.8 Å². The van der Waals surface area contributed by atoms with E-state index in [1.807, 2.05) is 18.4 Å². The van der Waals surface area contributed by atoms with E-state index >= 15 is 0 Å². The molecule has 146 valence electrons. The monoisotopic (exact) mass is 496 g/mol. The fraction of sp³-hybridized carbons (Fsp3) is 0.476. The van der Waals surface area contributed by atoms with Crippen LogP contribution in [0, 0.1) is 5.92 Å². The Kier molecular flexibility index (Phi) is 7.55. The van der Waals surface area contributed by atoms with E-state index in [9.17, 15) is 0 Å². The molecule has 27 heavy (non-hydrogen) atoms. The maximum absolute atomic E-state index is 4.53. The molecule has 1 aromatic carbocycles. The number of rotatable bonds is 5. The summed E-state index contributed by atoms with van der Waals surface area (Å²) in [6, 6.07) is 15.3. The number of hydrogen-bond acceptors (Lipinski definition) is 3. The summed E-state index contributed by atoms with van der Waals surface area (Å²) in [5.41, 5.74) is 1.48. The van der Waals surface area contributed by atoms with Gasteiger partial charge >= 0.3 is 0 Å². The zero-order chi connectivity index (χ0) is 17.8. The summed E-state index contributed by atoms with van der Waals surface area (Å²) in [6.45, 7) is 6.43. The van der Waals surface area contributed by atoms with Crippen molar-refractivity contribution >= 4 is 41.3 Å². The first-order valence-electron chi connectivity index (χ1n) is 9.59. The van der Waals surface area contributed by atoms with Crippen LogP contribution in [0.2, 0.25) is 0 Å². The molecule has 2 heterocycles. The molecule has 2 aliphatic rings. The SMILES string of the molecule is CN=C(NCC1CC1c1ccccc1)N1CCN(Cc2cccs2)CC1.I. The molecule has 0 amide bonds. The van der Waals surface area contributed by atoms with Crippen molar-refractivity contribution in [3.63, 3.8) is 0 Å². The van der Waals surface area contributed by atoms with E-state index in [2.05, 4.69) is 68.0 Å². The second-order valence-electron chi connectivity index (χ2n) is 7.28.